The van der Waals surface area contributed by atoms with Crippen molar-refractivity contribution in [2.75, 3.05) is 43.9 Å². The number of hydrogen-bond donors (Lipinski definition) is 3. The summed E-state index contributed by atoms with van der Waals surface area (Å²) < 4.78 is 5.40. The number of urea groups is 1. The van der Waals surface area contributed by atoms with Crippen LogP contribution >= 0.6 is 0 Å². The van der Waals surface area contributed by atoms with Gasteiger partial charge in [-0.1, -0.05) is 56.3 Å². The van der Waals surface area contributed by atoms with Crippen LogP contribution in [-0.2, 0) is 6.42 Å². The number of nitrogens with one attached hydrogen (secondary N) is 3. The molecule has 0 saturated carbocycles. The molecule has 0 atom stereocenters. The highest BCUT2D eigenvalue weighted by Gasteiger charge is 2.14. The molecule has 0 aliphatic carbocycles. The van der Waals surface area contributed by atoms with E-state index in [1.165, 1.54) is 12.7 Å². The second-order valence-corrected chi connectivity index (χ2v) is 8.14. The van der Waals surface area contributed by atoms with Gasteiger partial charge in [-0.15, -0.1) is 0 Å². The first-order chi connectivity index (χ1) is 17.0. The maximum atomic E-state index is 12.6. The lowest BCUT2D eigenvalue weighted by Crippen LogP contribution is -2.34. The Morgan fingerprint density at radius 3 is 2.11 bits per heavy atom. The van der Waals surface area contributed by atoms with Crippen LogP contribution in [0.15, 0.2) is 72.8 Å². The number of methoxy groups -OCH3 is 1. The van der Waals surface area contributed by atoms with Gasteiger partial charge in [-0.2, -0.15) is 0 Å². The fourth-order valence-electron chi connectivity index (χ4n) is 3.75. The van der Waals surface area contributed by atoms with E-state index in [4.69, 9.17) is 4.74 Å². The van der Waals surface area contributed by atoms with Crippen molar-refractivity contribution in [2.24, 2.45) is 0 Å². The third kappa shape index (κ3) is 7.86. The van der Waals surface area contributed by atoms with Gasteiger partial charge in [0.05, 0.1) is 12.7 Å². The lowest BCUT2D eigenvalue weighted by molar-refractivity contribution is 0.0946. The highest BCUT2D eigenvalue weighted by molar-refractivity contribution is 6.01. The van der Waals surface area contributed by atoms with Crippen LogP contribution in [-0.4, -0.2) is 50.1 Å². The van der Waals surface area contributed by atoms with Crippen LogP contribution < -0.4 is 20.7 Å². The van der Waals surface area contributed by atoms with Gasteiger partial charge in [-0.05, 0) is 54.9 Å². The summed E-state index contributed by atoms with van der Waals surface area (Å²) in [5.41, 5.74) is 4.04. The molecule has 0 aromatic heterocycles. The second-order valence-electron chi connectivity index (χ2n) is 8.14. The summed E-state index contributed by atoms with van der Waals surface area (Å²) in [6, 6.07) is 22.6. The van der Waals surface area contributed by atoms with Crippen LogP contribution in [0, 0.1) is 0 Å². The summed E-state index contributed by atoms with van der Waals surface area (Å²) in [5, 5.41) is 8.55. The molecule has 0 aliphatic rings. The lowest BCUT2D eigenvalue weighted by Gasteiger charge is -2.18. The minimum Gasteiger partial charge on any atom is -0.496 e. The SMILES string of the molecule is CCN(CC)CCNC(=O)c1ccc(NC(=O)Nc2ccc(Cc3ccccc3)cc2)cc1OC. The maximum Gasteiger partial charge on any atom is 0.323 e. The standard InChI is InChI=1S/C28H34N4O3/c1-4-32(5-2)18-17-29-27(33)25-16-15-24(20-26(25)35-3)31-28(34)30-23-13-11-22(12-14-23)19-21-9-7-6-8-10-21/h6-16,20H,4-5,17-19H2,1-3H3,(H,29,33)(H2,30,31,34). The van der Waals surface area contributed by atoms with Gasteiger partial charge in [0.1, 0.15) is 5.75 Å². The van der Waals surface area contributed by atoms with Crippen LogP contribution in [0.2, 0.25) is 0 Å². The van der Waals surface area contributed by atoms with Crippen molar-refractivity contribution >= 4 is 23.3 Å². The molecule has 35 heavy (non-hydrogen) atoms. The Labute approximate surface area is 207 Å². The highest BCUT2D eigenvalue weighted by Crippen LogP contribution is 2.23. The number of amides is 3. The number of ether oxygens (including phenoxy) is 1. The molecule has 3 N–H and O–H groups in total. The Bertz CT molecular complexity index is 1100. The number of likely N-dealkylation sites (N-methyl/N-ethyl adjacent to an activating group) is 1. The smallest absolute Gasteiger partial charge is 0.323 e. The van der Waals surface area contributed by atoms with Crippen molar-refractivity contribution in [2.45, 2.75) is 20.3 Å². The average Bonchev–Trinajstić information content (AvgIpc) is 2.88. The molecule has 0 unspecified atom stereocenters. The predicted molar refractivity (Wildman–Crippen MR) is 141 cm³/mol. The van der Waals surface area contributed by atoms with Crippen LogP contribution in [0.25, 0.3) is 0 Å². The third-order valence-corrected chi connectivity index (χ3v) is 5.77. The minimum atomic E-state index is -0.376. The number of carbonyl (C=O) groups is 2. The predicted octanol–water partition coefficient (Wildman–Crippen LogP) is 5.00. The van der Waals surface area contributed by atoms with Crippen molar-refractivity contribution < 1.29 is 14.3 Å². The van der Waals surface area contributed by atoms with Crippen LogP contribution in [0.5, 0.6) is 5.75 Å². The van der Waals surface area contributed by atoms with Crippen molar-refractivity contribution in [1.29, 1.82) is 0 Å². The van der Waals surface area contributed by atoms with E-state index in [0.717, 1.165) is 31.6 Å². The quantitative estimate of drug-likeness (QED) is 0.365. The van der Waals surface area contributed by atoms with Gasteiger partial charge >= 0.3 is 6.03 Å². The zero-order chi connectivity index (χ0) is 25.0. The summed E-state index contributed by atoms with van der Waals surface area (Å²) in [7, 11) is 1.50. The summed E-state index contributed by atoms with van der Waals surface area (Å²) in [6.45, 7) is 7.41. The summed E-state index contributed by atoms with van der Waals surface area (Å²) >= 11 is 0. The van der Waals surface area contributed by atoms with E-state index >= 15 is 0 Å². The van der Waals surface area contributed by atoms with Crippen LogP contribution in [0.4, 0.5) is 16.2 Å². The maximum absolute atomic E-state index is 12.6. The number of nitrogens with zero attached hydrogens (tertiary/aromatic N) is 1. The topological polar surface area (TPSA) is 82.7 Å². The fraction of sp³-hybridized carbons (Fsp3) is 0.286. The van der Waals surface area contributed by atoms with E-state index in [0.29, 0.717) is 29.2 Å². The Kier molecular flexibility index (Phi) is 9.69. The molecule has 0 fully saturated rings. The lowest BCUT2D eigenvalue weighted by atomic mass is 10.0. The van der Waals surface area contributed by atoms with E-state index in [1.54, 1.807) is 18.2 Å². The van der Waals surface area contributed by atoms with Gasteiger partial charge < -0.3 is 25.6 Å². The van der Waals surface area contributed by atoms with Crippen LogP contribution in [0.1, 0.15) is 35.3 Å². The first kappa shape index (κ1) is 25.8. The van der Waals surface area contributed by atoms with Gasteiger partial charge in [0.2, 0.25) is 0 Å². The molecule has 3 aromatic carbocycles. The molecule has 0 heterocycles. The molecule has 0 saturated heterocycles. The molecule has 3 amide bonds. The number of rotatable bonds is 11. The molecule has 7 nitrogen and oxygen atoms in total. The summed E-state index contributed by atoms with van der Waals surface area (Å²) in [6.07, 6.45) is 0.836. The van der Waals surface area contributed by atoms with Crippen LogP contribution in [0.3, 0.4) is 0 Å². The van der Waals surface area contributed by atoms with E-state index < -0.39 is 0 Å². The van der Waals surface area contributed by atoms with Crippen molar-refractivity contribution in [1.82, 2.24) is 10.2 Å². The molecular weight excluding hydrogens is 440 g/mol. The zero-order valence-electron chi connectivity index (χ0n) is 20.6. The molecule has 3 aromatic rings. The zero-order valence-corrected chi connectivity index (χ0v) is 20.6. The number of hydrogen-bond acceptors (Lipinski definition) is 4. The van der Waals surface area contributed by atoms with Gasteiger partial charge in [-0.3, -0.25) is 4.79 Å². The summed E-state index contributed by atoms with van der Waals surface area (Å²) in [5.74, 6) is 0.189. The molecule has 0 spiro atoms. The third-order valence-electron chi connectivity index (χ3n) is 5.77. The Hall–Kier alpha value is -3.84. The Morgan fingerprint density at radius 1 is 0.829 bits per heavy atom. The normalized spacial score (nSPS) is 10.6. The second kappa shape index (κ2) is 13.2. The first-order valence-corrected chi connectivity index (χ1v) is 11.9. The molecule has 184 valence electrons. The fourth-order valence-corrected chi connectivity index (χ4v) is 3.75. The minimum absolute atomic E-state index is 0.208. The molecule has 0 aliphatic heterocycles. The van der Waals surface area contributed by atoms with E-state index in [1.807, 2.05) is 42.5 Å². The van der Waals surface area contributed by atoms with E-state index in [2.05, 4.69) is 46.8 Å². The van der Waals surface area contributed by atoms with E-state index in [9.17, 15) is 9.59 Å². The largest absolute Gasteiger partial charge is 0.496 e. The van der Waals surface area contributed by atoms with Crippen molar-refractivity contribution in [3.05, 3.63) is 89.5 Å². The Morgan fingerprint density at radius 2 is 1.46 bits per heavy atom. The Balaban J connectivity index is 1.54. The molecule has 0 radical (unpaired) electrons. The van der Waals surface area contributed by atoms with Crippen molar-refractivity contribution in [3.63, 3.8) is 0 Å². The highest BCUT2D eigenvalue weighted by atomic mass is 16.5. The average molecular weight is 475 g/mol. The summed E-state index contributed by atoms with van der Waals surface area (Å²) in [4.78, 5) is 27.3. The molecule has 0 bridgehead atoms. The number of anilines is 2. The monoisotopic (exact) mass is 474 g/mol. The molecule has 3 rings (SSSR count). The number of carbonyl (C=O) groups excluding carboxylic acids is 2. The molecule has 7 heteroatoms. The van der Waals surface area contributed by atoms with E-state index in [-0.39, 0.29) is 11.9 Å². The number of benzene rings is 3. The van der Waals surface area contributed by atoms with Gasteiger partial charge in [0.25, 0.3) is 5.91 Å². The first-order valence-electron chi connectivity index (χ1n) is 11.9. The van der Waals surface area contributed by atoms with Gasteiger partial charge in [0.15, 0.2) is 0 Å². The molecular formula is C28H34N4O3. The van der Waals surface area contributed by atoms with Gasteiger partial charge in [-0.25, -0.2) is 4.79 Å². The van der Waals surface area contributed by atoms with Crippen molar-refractivity contribution in [3.8, 4) is 5.75 Å². The van der Waals surface area contributed by atoms with Gasteiger partial charge in [0, 0.05) is 30.5 Å².